The molecule has 0 aromatic heterocycles. The van der Waals surface area contributed by atoms with Gasteiger partial charge in [0.1, 0.15) is 159 Å². The number of aliphatic hydroxyl groups excluding tert-OH is 22. The van der Waals surface area contributed by atoms with Crippen LogP contribution in [0, 0.1) is 0 Å². The Morgan fingerprint density at radius 3 is 1.15 bits per heavy atom. The van der Waals surface area contributed by atoms with Crippen molar-refractivity contribution in [2.24, 2.45) is 0 Å². The first kappa shape index (κ1) is 128. The van der Waals surface area contributed by atoms with Crippen LogP contribution in [-0.2, 0) is 95.1 Å². The van der Waals surface area contributed by atoms with Crippen LogP contribution in [-0.4, -0.2) is 449 Å². The van der Waals surface area contributed by atoms with Gasteiger partial charge in [0.05, 0.1) is 89.3 Å². The van der Waals surface area contributed by atoms with Gasteiger partial charge in [0.2, 0.25) is 23.6 Å². The molecule has 0 aromatic rings. The number of carboxylic acid groups (broad SMARTS) is 2. The van der Waals surface area contributed by atoms with Crippen LogP contribution in [0.5, 0.6) is 0 Å². The second kappa shape index (κ2) is 66.2. The van der Waals surface area contributed by atoms with Crippen LogP contribution in [0.2, 0.25) is 0 Å². The van der Waals surface area contributed by atoms with Gasteiger partial charge in [-0.25, -0.2) is 9.59 Å². The number of nitrogens with one attached hydrogen (secondary N) is 4. The van der Waals surface area contributed by atoms with Gasteiger partial charge in [0, 0.05) is 40.0 Å². The molecule has 0 spiro atoms. The number of carbonyl (C=O) groups is 6. The maximum Gasteiger partial charge on any atom is 0.364 e. The van der Waals surface area contributed by atoms with Crippen LogP contribution in [0.4, 0.5) is 0 Å². The van der Waals surface area contributed by atoms with Gasteiger partial charge in [-0.2, -0.15) is 0 Å². The zero-order valence-corrected chi connectivity index (χ0v) is 84.7. The van der Waals surface area contributed by atoms with Gasteiger partial charge in [0.15, 0.2) is 31.5 Å². The van der Waals surface area contributed by atoms with E-state index in [4.69, 9.17) is 66.3 Å². The Balaban J connectivity index is 0.997. The first-order valence-electron chi connectivity index (χ1n) is 52.4. The van der Waals surface area contributed by atoms with Crippen LogP contribution in [0.3, 0.4) is 0 Å². The summed E-state index contributed by atoms with van der Waals surface area (Å²) in [6.07, 6.45) is -28.7. The fourth-order valence-electron chi connectivity index (χ4n) is 19.5. The molecule has 48 nitrogen and oxygen atoms in total. The minimum atomic E-state index is -3.56. The van der Waals surface area contributed by atoms with Gasteiger partial charge in [-0.05, 0) is 44.9 Å². The molecule has 0 aromatic carbocycles. The molecule has 48 heteroatoms. The maximum atomic E-state index is 13.8. The highest BCUT2D eigenvalue weighted by atomic mass is 16.8. The Labute approximate surface area is 852 Å². The van der Waals surface area contributed by atoms with E-state index in [1.54, 1.807) is 6.08 Å². The molecule has 7 heterocycles. The van der Waals surface area contributed by atoms with Crippen molar-refractivity contribution in [1.29, 1.82) is 0 Å². The third kappa shape index (κ3) is 37.9. The van der Waals surface area contributed by atoms with Gasteiger partial charge in [0.25, 0.3) is 11.6 Å². The number of aliphatic hydroxyl groups is 22. The summed E-state index contributed by atoms with van der Waals surface area (Å²) >= 11 is 0. The minimum absolute atomic E-state index is 0.143. The van der Waals surface area contributed by atoms with Crippen molar-refractivity contribution in [2.75, 3.05) is 52.9 Å². The fourth-order valence-corrected chi connectivity index (χ4v) is 19.5. The second-order valence-electron chi connectivity index (χ2n) is 39.5. The number of rotatable bonds is 69. The van der Waals surface area contributed by atoms with Crippen molar-refractivity contribution < 1.29 is 218 Å². The molecule has 7 aliphatic rings. The summed E-state index contributed by atoms with van der Waals surface area (Å²) in [5.74, 6) is -14.7. The highest BCUT2D eigenvalue weighted by Gasteiger charge is 2.64. The summed E-state index contributed by atoms with van der Waals surface area (Å²) in [6.45, 7) is -1.87. The lowest BCUT2D eigenvalue weighted by molar-refractivity contribution is -0.393. The molecule has 848 valence electrons. The van der Waals surface area contributed by atoms with E-state index in [1.165, 1.54) is 135 Å². The van der Waals surface area contributed by atoms with E-state index in [1.807, 2.05) is 6.08 Å². The number of hydrogen-bond donors (Lipinski definition) is 28. The van der Waals surface area contributed by atoms with Crippen LogP contribution in [0.15, 0.2) is 24.3 Å². The molecule has 7 aliphatic heterocycles. The molecule has 7 saturated heterocycles. The third-order valence-corrected chi connectivity index (χ3v) is 27.9. The number of carbonyl (C=O) groups excluding carboxylic acids is 4. The number of allylic oxidation sites excluding steroid dienone is 3. The second-order valence-corrected chi connectivity index (χ2v) is 39.5. The molecule has 0 saturated carbocycles. The fraction of sp³-hybridized carbons (Fsp3) is 0.898. The molecule has 7 rings (SSSR count). The molecule has 7 fully saturated rings. The summed E-state index contributed by atoms with van der Waals surface area (Å²) in [5.41, 5.74) is 0. The minimum Gasteiger partial charge on any atom is -0.477 e. The van der Waals surface area contributed by atoms with Crippen molar-refractivity contribution >= 4 is 35.6 Å². The van der Waals surface area contributed by atoms with E-state index in [-0.39, 0.29) is 12.3 Å². The van der Waals surface area contributed by atoms with Gasteiger partial charge in [-0.1, -0.05) is 205 Å². The molecule has 14 unspecified atom stereocenters. The molecule has 146 heavy (non-hydrogen) atoms. The van der Waals surface area contributed by atoms with E-state index >= 15 is 0 Å². The first-order valence-corrected chi connectivity index (χ1v) is 52.4. The number of aliphatic carboxylic acids is 2. The molecule has 28 N–H and O–H groups in total. The third-order valence-electron chi connectivity index (χ3n) is 27.9. The molecule has 39 atom stereocenters. The van der Waals surface area contributed by atoms with Crippen molar-refractivity contribution in [3.05, 3.63) is 24.3 Å². The predicted octanol–water partition coefficient (Wildman–Crippen LogP) is -3.15. The monoisotopic (exact) mass is 2110 g/mol. The van der Waals surface area contributed by atoms with Gasteiger partial charge in [-0.15, -0.1) is 0 Å². The van der Waals surface area contributed by atoms with Crippen LogP contribution >= 0.6 is 0 Å². The number of unbranched alkanes of at least 4 members (excludes halogenated alkanes) is 30. The molecular weight excluding hydrogens is 1940 g/mol. The summed E-state index contributed by atoms with van der Waals surface area (Å²) in [4.78, 5) is 79.1. The van der Waals surface area contributed by atoms with E-state index < -0.39 is 333 Å². The summed E-state index contributed by atoms with van der Waals surface area (Å²) in [7, 11) is 0. The molecule has 0 radical (unpaired) electrons. The quantitative estimate of drug-likeness (QED) is 0.0211. The van der Waals surface area contributed by atoms with Crippen LogP contribution in [0.25, 0.3) is 0 Å². The lowest BCUT2D eigenvalue weighted by atomic mass is 9.87. The van der Waals surface area contributed by atoms with E-state index in [2.05, 4.69) is 47.3 Å². The Morgan fingerprint density at radius 1 is 0.370 bits per heavy atom. The van der Waals surface area contributed by atoms with Crippen LogP contribution in [0.1, 0.15) is 266 Å². The number of carboxylic acids is 2. The maximum absolute atomic E-state index is 13.8. The molecule has 0 aliphatic carbocycles. The van der Waals surface area contributed by atoms with Crippen LogP contribution < -0.4 is 21.3 Å². The van der Waals surface area contributed by atoms with E-state index in [9.17, 15) is 151 Å². The lowest BCUT2D eigenvalue weighted by Gasteiger charge is -2.52. The Kier molecular flexibility index (Phi) is 57.9. The number of hydrogen-bond acceptors (Lipinski definition) is 42. The Hall–Kier alpha value is -5.14. The van der Waals surface area contributed by atoms with E-state index in [0.29, 0.717) is 12.8 Å². The predicted molar refractivity (Wildman–Crippen MR) is 509 cm³/mol. The van der Waals surface area contributed by atoms with Gasteiger partial charge >= 0.3 is 11.9 Å². The SMILES string of the molecule is CCCCCCCC/C=C\CCCCCCCCCCCCCCCC(=O)N[C@@H](CO[C@@H]1OC(CO)[C@@H](O[C@@H]2OC(CO)[C@H](O[C@@H]3OC(CO)[C@H](O)[C@H](O[C@@H]4OC(CO)[C@H](O)[C@H](O[C@@H]5OC(CO)[C@H](O)[C@H](O[C@]6(C(=O)O)CC(O)[C@@H](NC(C)=O)C([C@H](O)[C@@H](CO)O[C@]7(C(=O)O)CC(O)[C@@H](NC(C)=O)C([C@H](O)[C@H](O)CO)O7)O6)C5O)C4NC(C)=O)C3O)[C@H](O)C2O)[C@H](O)C1O)[C@H](O)/C=C/CCCCCCCCCCCCC. The van der Waals surface area contributed by atoms with Gasteiger partial charge in [-0.3, -0.25) is 19.2 Å². The highest BCUT2D eigenvalue weighted by Crippen LogP contribution is 2.43. The summed E-state index contributed by atoms with van der Waals surface area (Å²) in [6, 6.07) is -6.99. The Morgan fingerprint density at radius 2 is 0.719 bits per heavy atom. The standard InChI is InChI=1S/C98H172N4O44/c1-6-8-10-12-14-16-18-20-21-22-23-24-25-26-27-28-29-31-33-35-37-39-41-43-68(117)102-57(58(113)42-40-38-36-34-32-30-19-17-15-13-11-9-7-2)53-133-91-79(125)77(123)83(66(51-108)137-91)139-92-80(126)78(124)84(67(52-109)138-92)140-93-81(127)88(74(120)63(48-105)135-93)142-90-71(101-56(5)112)85(73(119)62(47-104)134-90)141-94-82(128)89(75(121)64(49-106)136-94)146-98(96(131)132)45-60(115)70(100-55(4)111)87(145-98)76(122)65(50-107)143-97(95(129)130)44-59(114)69(99-54(3)110)86(144-97)72(118)61(116)46-103/h20-21,40,42,57-67,69-94,103-109,113-116,118-128H,6-19,22-39,41,43-53H2,1-5H3,(H,99,110)(H,100,111)(H,101,112)(H,102,117)(H,129,130)(H,131,132)/b21-20-,42-40+/t57-,58+,59?,60?,61+,62?,63?,64?,65+,66?,67?,69+,70+,71?,72+,73-,74-,75-,76+,77+,78+,79?,80?,81?,82?,83+,84-,85+,86?,87?,88-,89-,90-,91+,92-,93-,94-,97+,98-/m0/s1. The van der Waals surface area contributed by atoms with Crippen molar-refractivity contribution in [3.8, 4) is 0 Å². The van der Waals surface area contributed by atoms with Crippen molar-refractivity contribution in [3.63, 3.8) is 0 Å². The smallest absolute Gasteiger partial charge is 0.364 e. The molecule has 0 bridgehead atoms. The number of ether oxygens (including phenoxy) is 14. The van der Waals surface area contributed by atoms with Crippen molar-refractivity contribution in [1.82, 2.24) is 21.3 Å². The zero-order chi connectivity index (χ0) is 107. The summed E-state index contributed by atoms with van der Waals surface area (Å²) < 4.78 is 82.5. The normalized spacial score (nSPS) is 35.3. The summed E-state index contributed by atoms with van der Waals surface area (Å²) in [5, 5.41) is 282. The lowest BCUT2D eigenvalue weighted by Crippen LogP contribution is -2.72. The average molecular weight is 2110 g/mol. The largest absolute Gasteiger partial charge is 0.477 e. The average Bonchev–Trinajstić information content (AvgIpc) is 0.750. The molecule has 4 amide bonds. The number of amides is 4. The molecular formula is C98H172N4O44. The van der Waals surface area contributed by atoms with E-state index in [0.717, 1.165) is 85.0 Å². The first-order chi connectivity index (χ1) is 69.8. The highest BCUT2D eigenvalue weighted by molar-refractivity contribution is 5.78. The zero-order valence-electron chi connectivity index (χ0n) is 84.7. The topological polar surface area (TPSA) is 765 Å². The van der Waals surface area contributed by atoms with Gasteiger partial charge < -0.3 is 210 Å². The Bertz CT molecular complexity index is 3740. The van der Waals surface area contributed by atoms with Crippen molar-refractivity contribution in [2.45, 2.75) is 504 Å².